The van der Waals surface area contributed by atoms with Gasteiger partial charge in [-0.1, -0.05) is 34.6 Å². The predicted octanol–water partition coefficient (Wildman–Crippen LogP) is 3.16. The van der Waals surface area contributed by atoms with E-state index in [4.69, 9.17) is 63.2 Å². The molecule has 90 heavy (non-hydrogen) atoms. The Morgan fingerprint density at radius 1 is 0.800 bits per heavy atom. The number of hydrogen-bond donors (Lipinski definition) is 11. The Bertz CT molecular complexity index is 3540. The third-order valence-electron chi connectivity index (χ3n) is 20.6. The standard InChI is InChI=1S/C62H90N13O14P/c1-29-20-39-40(21-30(29)2)75(28-70-39)57-52(84)53(41(27-76)87-57)89-90(85,86)88-31(3)26-69-49(83)18-19-59(8)37(22-46(66)80)56-62(11)61(10,25-48(68)82)36(14-17-45(65)79)51(74-62)33(5)55-60(9,24-47(67)81)34(12-15-43(63)77)38(71-55)23-42-58(6,7)35(13-16-44(64)78)50(72-42)32(4)54(59)73-56/h20-21,23,28,31,34-37,41,52-53,56-57,71,76,84H,12-19,22,24-27H2,1-11H3,(H2,63,77)(H2,64,78)(H2,65,79)(H2,66,80)(H2,67,81)(H2,68,82)(H,69,83)(H,85,86)/b38-23-,50-32-,55-33?/t31?,34?,35?,36?,37?,41-,52-,53-,56?,57?,59?,60?,61?,62?/m1/s1. The molecule has 492 valence electrons. The van der Waals surface area contributed by atoms with Gasteiger partial charge in [0.2, 0.25) is 41.4 Å². The smallest absolute Gasteiger partial charge is 0.394 e. The van der Waals surface area contributed by atoms with Crippen LogP contribution in [0.1, 0.15) is 150 Å². The Kier molecular flexibility index (Phi) is 19.6. The van der Waals surface area contributed by atoms with Gasteiger partial charge in [0, 0.05) is 131 Å². The molecule has 2 aromatic rings. The summed E-state index contributed by atoms with van der Waals surface area (Å²) >= 11 is 0. The molecule has 27 nitrogen and oxygen atoms in total. The van der Waals surface area contributed by atoms with Crippen molar-refractivity contribution < 1.29 is 67.0 Å². The molecule has 12 unspecified atom stereocenters. The van der Waals surface area contributed by atoms with Gasteiger partial charge in [-0.3, -0.25) is 57.6 Å². The maximum atomic E-state index is 14.4. The summed E-state index contributed by atoms with van der Waals surface area (Å²) in [6, 6.07) is 2.70. The number of phosphoric acid groups is 1. The molecule has 7 amide bonds. The number of amides is 7. The molecule has 6 aliphatic rings. The molecule has 6 aliphatic heterocycles. The number of aliphatic hydroxyl groups excluding tert-OH is 2. The van der Waals surface area contributed by atoms with Crippen molar-refractivity contribution in [1.82, 2.24) is 20.2 Å². The zero-order valence-electron chi connectivity index (χ0n) is 53.3. The average Bonchev–Trinajstić information content (AvgIpc) is 1.53. The quantitative estimate of drug-likeness (QED) is 0.0603. The van der Waals surface area contributed by atoms with Gasteiger partial charge in [-0.25, -0.2) is 9.55 Å². The third-order valence-corrected chi connectivity index (χ3v) is 21.7. The Morgan fingerprint density at radius 2 is 1.40 bits per heavy atom. The van der Waals surface area contributed by atoms with E-state index >= 15 is 0 Å². The maximum Gasteiger partial charge on any atom is 0.472 e. The molecular formula is C62H90N13O14P. The fourth-order valence-electron chi connectivity index (χ4n) is 15.4. The number of carbonyl (C=O) groups excluding carboxylic acids is 7. The van der Waals surface area contributed by atoms with Gasteiger partial charge in [-0.05, 0) is 108 Å². The van der Waals surface area contributed by atoms with Crippen LogP contribution in [0, 0.1) is 59.2 Å². The number of ether oxygens (including phenoxy) is 1. The Morgan fingerprint density at radius 3 is 1.99 bits per heavy atom. The number of carbonyl (C=O) groups is 7. The molecular weight excluding hydrogens is 1180 g/mol. The summed E-state index contributed by atoms with van der Waals surface area (Å²) in [5.41, 5.74) is 37.4. The zero-order valence-corrected chi connectivity index (χ0v) is 54.1. The number of hydrogen-bond acceptors (Lipinski definition) is 18. The minimum Gasteiger partial charge on any atom is -0.394 e. The second kappa shape index (κ2) is 25.6. The van der Waals surface area contributed by atoms with Gasteiger partial charge in [-0.2, -0.15) is 0 Å². The predicted molar refractivity (Wildman–Crippen MR) is 334 cm³/mol. The van der Waals surface area contributed by atoms with Crippen molar-refractivity contribution in [2.24, 2.45) is 94.7 Å². The Labute approximate surface area is 523 Å². The van der Waals surface area contributed by atoms with Crippen LogP contribution in [0.25, 0.3) is 11.0 Å². The first kappa shape index (κ1) is 68.9. The Hall–Kier alpha value is -7.00. The van der Waals surface area contributed by atoms with E-state index < -0.39 is 143 Å². The lowest BCUT2D eigenvalue weighted by Crippen LogP contribution is -2.56. The first-order valence-electron chi connectivity index (χ1n) is 30.6. The normalized spacial score (nSPS) is 33.4. The number of allylic oxidation sites excluding steroid dienone is 6. The van der Waals surface area contributed by atoms with Crippen LogP contribution in [0.4, 0.5) is 0 Å². The van der Waals surface area contributed by atoms with E-state index in [1.54, 1.807) is 4.57 Å². The fraction of sp³-hybridized carbons (Fsp3) is 0.629. The number of rotatable bonds is 26. The topological polar surface area (TPSA) is 460 Å². The van der Waals surface area contributed by atoms with Gasteiger partial charge in [0.1, 0.15) is 18.3 Å². The number of nitrogens with zero attached hydrogens (tertiary/aromatic N) is 5. The molecule has 2 saturated heterocycles. The van der Waals surface area contributed by atoms with Crippen LogP contribution < -0.4 is 45.0 Å². The van der Waals surface area contributed by atoms with Crippen molar-refractivity contribution in [3.05, 3.63) is 63.9 Å². The molecule has 8 rings (SSSR count). The number of aryl methyl sites for hydroxylation is 2. The first-order valence-corrected chi connectivity index (χ1v) is 32.1. The number of imidazole rings is 1. The largest absolute Gasteiger partial charge is 0.472 e. The number of aliphatic hydroxyl groups is 2. The number of fused-ring (bicyclic) bond motifs is 7. The number of benzene rings is 1. The van der Waals surface area contributed by atoms with E-state index in [0.717, 1.165) is 11.1 Å². The molecule has 2 fully saturated rings. The van der Waals surface area contributed by atoms with Crippen molar-refractivity contribution in [2.75, 3.05) is 13.2 Å². The SMILES string of the molecule is CC1=C2N/C(=C\C3=NC(=C(/C)C4=NC(C(CC(N)=O)C4(C)CCC(=O)NCC(C)OP(=O)(O)O[C@@H]4[C@@H](CO)OC(n5cnc6cc(C)c(C)cc65)[C@@H]4O)C4(C)N=C1C(CCC(N)=O)C4(C)CC(N)=O)/C(CCC(N)=O)C3(C)C)C(CCC(N)=O)C2(C)CC(N)=O. The van der Waals surface area contributed by atoms with Crippen molar-refractivity contribution in [2.45, 2.75) is 189 Å². The van der Waals surface area contributed by atoms with E-state index in [-0.39, 0.29) is 77.2 Å². The number of aromatic nitrogens is 2. The van der Waals surface area contributed by atoms with Crippen LogP contribution in [0.3, 0.4) is 0 Å². The van der Waals surface area contributed by atoms with Crippen LogP contribution in [-0.4, -0.2) is 132 Å². The number of aliphatic imine (C=N–C) groups is 3. The lowest BCUT2D eigenvalue weighted by atomic mass is 9.55. The van der Waals surface area contributed by atoms with Crippen molar-refractivity contribution >= 4 is 77.3 Å². The maximum absolute atomic E-state index is 14.4. The minimum absolute atomic E-state index is 0.0114. The average molecular weight is 1270 g/mol. The van der Waals surface area contributed by atoms with Crippen LogP contribution >= 0.6 is 7.82 Å². The van der Waals surface area contributed by atoms with Gasteiger partial charge in [0.25, 0.3) is 0 Å². The monoisotopic (exact) mass is 1270 g/mol. The molecule has 15 atom stereocenters. The van der Waals surface area contributed by atoms with Crippen molar-refractivity contribution in [3.63, 3.8) is 0 Å². The number of nitrogens with two attached hydrogens (primary N) is 6. The zero-order chi connectivity index (χ0) is 66.7. The number of nitrogens with one attached hydrogen (secondary N) is 2. The van der Waals surface area contributed by atoms with Gasteiger partial charge >= 0.3 is 7.82 Å². The molecule has 1 aromatic heterocycles. The van der Waals surface area contributed by atoms with E-state index in [2.05, 4.69) is 15.6 Å². The third kappa shape index (κ3) is 13.0. The van der Waals surface area contributed by atoms with E-state index in [0.29, 0.717) is 56.4 Å². The Balaban J connectivity index is 1.19. The summed E-state index contributed by atoms with van der Waals surface area (Å²) in [6.45, 7) is 19.3. The summed E-state index contributed by atoms with van der Waals surface area (Å²) in [4.78, 5) is 126. The second-order valence-electron chi connectivity index (χ2n) is 27.1. The molecule has 0 aliphatic carbocycles. The van der Waals surface area contributed by atoms with Crippen LogP contribution in [-0.2, 0) is 51.9 Å². The van der Waals surface area contributed by atoms with Crippen LogP contribution in [0.15, 0.2) is 67.8 Å². The van der Waals surface area contributed by atoms with Crippen molar-refractivity contribution in [1.29, 1.82) is 0 Å². The highest BCUT2D eigenvalue weighted by atomic mass is 31.2. The van der Waals surface area contributed by atoms with Gasteiger partial charge < -0.3 is 69.4 Å². The minimum atomic E-state index is -5.07. The second-order valence-corrected chi connectivity index (χ2v) is 28.4. The van der Waals surface area contributed by atoms with Crippen LogP contribution in [0.5, 0.6) is 0 Å². The van der Waals surface area contributed by atoms with E-state index in [1.807, 2.05) is 87.4 Å². The summed E-state index contributed by atoms with van der Waals surface area (Å²) in [5, 5.41) is 28.2. The molecule has 17 N–H and O–H groups in total. The highest BCUT2D eigenvalue weighted by molar-refractivity contribution is 7.47. The molecule has 28 heteroatoms. The fourth-order valence-corrected chi connectivity index (χ4v) is 16.6. The molecule has 7 heterocycles. The molecule has 1 aromatic carbocycles. The summed E-state index contributed by atoms with van der Waals surface area (Å²) in [7, 11) is -5.07. The molecule has 8 bridgehead atoms. The van der Waals surface area contributed by atoms with Gasteiger partial charge in [0.05, 0.1) is 41.7 Å². The lowest BCUT2D eigenvalue weighted by Gasteiger charge is -2.48. The first-order chi connectivity index (χ1) is 41.8. The van der Waals surface area contributed by atoms with E-state index in [1.165, 1.54) is 13.3 Å². The molecule has 0 spiro atoms. The van der Waals surface area contributed by atoms with Gasteiger partial charge in [-0.15, -0.1) is 0 Å². The highest BCUT2D eigenvalue weighted by Crippen LogP contribution is 2.63. The summed E-state index contributed by atoms with van der Waals surface area (Å²) < 4.78 is 32.3. The number of phosphoric ester groups is 1. The number of primary amides is 6. The van der Waals surface area contributed by atoms with Crippen LogP contribution in [0.2, 0.25) is 0 Å². The highest BCUT2D eigenvalue weighted by Gasteiger charge is 2.66. The molecule has 0 radical (unpaired) electrons. The van der Waals surface area contributed by atoms with Crippen molar-refractivity contribution in [3.8, 4) is 0 Å². The summed E-state index contributed by atoms with van der Waals surface area (Å²) in [5.74, 6) is -7.18. The lowest BCUT2D eigenvalue weighted by molar-refractivity contribution is -0.124. The van der Waals surface area contributed by atoms with E-state index in [9.17, 15) is 53.2 Å². The summed E-state index contributed by atoms with van der Waals surface area (Å²) in [6.07, 6.45) is -4.26. The van der Waals surface area contributed by atoms with Gasteiger partial charge in [0.15, 0.2) is 6.23 Å². The molecule has 0 saturated carbocycles.